The van der Waals surface area contributed by atoms with E-state index in [0.717, 1.165) is 17.0 Å². The molecule has 0 aliphatic heterocycles. The molecule has 6 nitrogen and oxygen atoms in total. The highest BCUT2D eigenvalue weighted by Gasteiger charge is 2.07. The summed E-state index contributed by atoms with van der Waals surface area (Å²) in [6.07, 6.45) is 3.25. The molecule has 2 heterocycles. The van der Waals surface area contributed by atoms with Crippen molar-refractivity contribution in [2.24, 2.45) is 7.05 Å². The number of hydrogen-bond acceptors (Lipinski definition) is 5. The number of imidazole rings is 1. The number of fused-ring (bicyclic) bond motifs is 1. The summed E-state index contributed by atoms with van der Waals surface area (Å²) in [7, 11) is 5.70. The van der Waals surface area contributed by atoms with E-state index in [1.54, 1.807) is 6.33 Å². The van der Waals surface area contributed by atoms with Crippen molar-refractivity contribution in [1.82, 2.24) is 24.5 Å². The van der Waals surface area contributed by atoms with Gasteiger partial charge in [0.15, 0.2) is 17.0 Å². The fourth-order valence-electron chi connectivity index (χ4n) is 1.24. The first-order valence-corrected chi connectivity index (χ1v) is 4.24. The Labute approximate surface area is 81.6 Å². The lowest BCUT2D eigenvalue weighted by Gasteiger charge is -2.11. The van der Waals surface area contributed by atoms with Gasteiger partial charge in [-0.15, -0.1) is 0 Å². The minimum atomic E-state index is 0.723. The third-order valence-electron chi connectivity index (χ3n) is 1.83. The highest BCUT2D eigenvalue weighted by atomic mass is 15.5. The number of aromatic nitrogens is 4. The number of anilines is 1. The summed E-state index contributed by atoms with van der Waals surface area (Å²) in [6.45, 7) is 0. The zero-order valence-corrected chi connectivity index (χ0v) is 8.39. The topological polar surface area (TPSA) is 58.9 Å². The third-order valence-corrected chi connectivity index (χ3v) is 1.83. The number of nitrogens with one attached hydrogen (secondary N) is 1. The van der Waals surface area contributed by atoms with Crippen LogP contribution in [0, 0.1) is 0 Å². The summed E-state index contributed by atoms with van der Waals surface area (Å²) in [5.41, 5.74) is 4.67. The lowest BCUT2D eigenvalue weighted by molar-refractivity contribution is 0.493. The van der Waals surface area contributed by atoms with Gasteiger partial charge in [0.05, 0.1) is 6.33 Å². The van der Waals surface area contributed by atoms with E-state index in [1.165, 1.54) is 6.33 Å². The Morgan fingerprint density at radius 3 is 2.79 bits per heavy atom. The van der Waals surface area contributed by atoms with Crippen LogP contribution < -0.4 is 5.43 Å². The van der Waals surface area contributed by atoms with Gasteiger partial charge in [-0.2, -0.15) is 0 Å². The van der Waals surface area contributed by atoms with Gasteiger partial charge < -0.3 is 9.99 Å². The molecule has 0 aromatic carbocycles. The van der Waals surface area contributed by atoms with Crippen molar-refractivity contribution in [2.75, 3.05) is 19.5 Å². The number of rotatable bonds is 2. The van der Waals surface area contributed by atoms with Crippen LogP contribution in [0.15, 0.2) is 12.7 Å². The van der Waals surface area contributed by atoms with Crippen molar-refractivity contribution >= 4 is 17.0 Å². The van der Waals surface area contributed by atoms with E-state index < -0.39 is 0 Å². The Morgan fingerprint density at radius 2 is 2.07 bits per heavy atom. The first-order chi connectivity index (χ1) is 6.68. The molecule has 0 fully saturated rings. The molecule has 0 aliphatic carbocycles. The fourth-order valence-corrected chi connectivity index (χ4v) is 1.24. The second-order valence-corrected chi connectivity index (χ2v) is 3.26. The highest BCUT2D eigenvalue weighted by Crippen LogP contribution is 2.15. The predicted molar refractivity (Wildman–Crippen MR) is 53.6 cm³/mol. The molecular weight excluding hydrogens is 180 g/mol. The van der Waals surface area contributed by atoms with Crippen LogP contribution in [0.5, 0.6) is 0 Å². The molecule has 2 aromatic rings. The lowest BCUT2D eigenvalue weighted by atomic mass is 10.5. The molecule has 0 aliphatic rings. The Kier molecular flexibility index (Phi) is 2.05. The van der Waals surface area contributed by atoms with Crippen LogP contribution in [-0.2, 0) is 7.05 Å². The number of hydrogen-bond donors (Lipinski definition) is 1. The normalized spacial score (nSPS) is 11.1. The molecule has 0 amide bonds. The smallest absolute Gasteiger partial charge is 0.172 e. The Bertz CT molecular complexity index is 446. The standard InChI is InChI=1S/C8H12N6/c1-13(2)12-7-6-8(10-4-9-7)14(3)5-11-6/h4-5H,1-3H3,(H,9,10,12). The minimum Gasteiger partial charge on any atom is -0.318 e. The predicted octanol–water partition coefficient (Wildman–Crippen LogP) is 0.252. The van der Waals surface area contributed by atoms with E-state index in [1.807, 2.05) is 30.7 Å². The summed E-state index contributed by atoms with van der Waals surface area (Å²) in [6, 6.07) is 0. The zero-order chi connectivity index (χ0) is 10.1. The average molecular weight is 192 g/mol. The highest BCUT2D eigenvalue weighted by molar-refractivity contribution is 5.82. The van der Waals surface area contributed by atoms with Gasteiger partial charge in [-0.1, -0.05) is 0 Å². The molecule has 0 bridgehead atoms. The minimum absolute atomic E-state index is 0.723. The molecule has 0 radical (unpaired) electrons. The molecule has 0 saturated carbocycles. The van der Waals surface area contributed by atoms with Gasteiger partial charge in [0.1, 0.15) is 6.33 Å². The summed E-state index contributed by atoms with van der Waals surface area (Å²) >= 11 is 0. The first-order valence-electron chi connectivity index (χ1n) is 4.24. The molecule has 14 heavy (non-hydrogen) atoms. The fraction of sp³-hybridized carbons (Fsp3) is 0.375. The molecule has 6 heteroatoms. The SMILES string of the molecule is CN(C)Nc1ncnc2c1ncn2C. The van der Waals surface area contributed by atoms with Crippen molar-refractivity contribution in [3.05, 3.63) is 12.7 Å². The molecule has 0 atom stereocenters. The zero-order valence-electron chi connectivity index (χ0n) is 8.39. The molecule has 0 unspecified atom stereocenters. The van der Waals surface area contributed by atoms with Crippen LogP contribution >= 0.6 is 0 Å². The first kappa shape index (κ1) is 8.89. The lowest BCUT2D eigenvalue weighted by Crippen LogP contribution is -2.20. The number of hydrazine groups is 1. The van der Waals surface area contributed by atoms with Gasteiger partial charge in [-0.05, 0) is 0 Å². The van der Waals surface area contributed by atoms with Crippen LogP contribution in [0.4, 0.5) is 5.82 Å². The van der Waals surface area contributed by atoms with E-state index in [2.05, 4.69) is 20.4 Å². The molecule has 2 rings (SSSR count). The Balaban J connectivity index is 2.54. The van der Waals surface area contributed by atoms with E-state index >= 15 is 0 Å². The summed E-state index contributed by atoms with van der Waals surface area (Å²) in [5.74, 6) is 0.723. The monoisotopic (exact) mass is 192 g/mol. The van der Waals surface area contributed by atoms with Gasteiger partial charge in [-0.3, -0.25) is 0 Å². The Hall–Kier alpha value is -1.69. The van der Waals surface area contributed by atoms with Crippen LogP contribution in [0.3, 0.4) is 0 Å². The van der Waals surface area contributed by atoms with Crippen molar-refractivity contribution in [1.29, 1.82) is 0 Å². The molecule has 1 N–H and O–H groups in total. The van der Waals surface area contributed by atoms with Gasteiger partial charge >= 0.3 is 0 Å². The maximum absolute atomic E-state index is 4.22. The van der Waals surface area contributed by atoms with Crippen molar-refractivity contribution in [2.45, 2.75) is 0 Å². The van der Waals surface area contributed by atoms with Crippen molar-refractivity contribution < 1.29 is 0 Å². The third kappa shape index (κ3) is 1.39. The van der Waals surface area contributed by atoms with Crippen LogP contribution in [0.1, 0.15) is 0 Å². The molecule has 0 spiro atoms. The second kappa shape index (κ2) is 3.22. The van der Waals surface area contributed by atoms with E-state index in [0.29, 0.717) is 0 Å². The van der Waals surface area contributed by atoms with Crippen LogP contribution in [0.25, 0.3) is 11.2 Å². The summed E-state index contributed by atoms with van der Waals surface area (Å²) < 4.78 is 1.86. The average Bonchev–Trinajstić information content (AvgIpc) is 2.49. The van der Waals surface area contributed by atoms with E-state index in [9.17, 15) is 0 Å². The van der Waals surface area contributed by atoms with E-state index in [4.69, 9.17) is 0 Å². The number of nitrogens with zero attached hydrogens (tertiary/aromatic N) is 5. The number of aryl methyl sites for hydroxylation is 1. The Morgan fingerprint density at radius 1 is 1.29 bits per heavy atom. The van der Waals surface area contributed by atoms with Crippen molar-refractivity contribution in [3.8, 4) is 0 Å². The van der Waals surface area contributed by atoms with Crippen molar-refractivity contribution in [3.63, 3.8) is 0 Å². The maximum Gasteiger partial charge on any atom is 0.172 e. The largest absolute Gasteiger partial charge is 0.318 e. The maximum atomic E-state index is 4.22. The van der Waals surface area contributed by atoms with Gasteiger partial charge in [-0.25, -0.2) is 20.0 Å². The summed E-state index contributed by atoms with van der Waals surface area (Å²) in [4.78, 5) is 12.5. The van der Waals surface area contributed by atoms with Crippen LogP contribution in [-0.4, -0.2) is 38.6 Å². The van der Waals surface area contributed by atoms with E-state index in [-0.39, 0.29) is 0 Å². The van der Waals surface area contributed by atoms with Gasteiger partial charge in [0.2, 0.25) is 0 Å². The molecule has 2 aromatic heterocycles. The molecule has 0 saturated heterocycles. The molecular formula is C8H12N6. The van der Waals surface area contributed by atoms with Gasteiger partial charge in [0.25, 0.3) is 0 Å². The second-order valence-electron chi connectivity index (χ2n) is 3.26. The molecule has 74 valence electrons. The quantitative estimate of drug-likeness (QED) is 0.691. The summed E-state index contributed by atoms with van der Waals surface area (Å²) in [5, 5.41) is 1.82. The van der Waals surface area contributed by atoms with Gasteiger partial charge in [0, 0.05) is 21.1 Å². The van der Waals surface area contributed by atoms with Crippen LogP contribution in [0.2, 0.25) is 0 Å².